The molecule has 1 aliphatic heterocycles. The van der Waals surface area contributed by atoms with E-state index in [-0.39, 0.29) is 10.9 Å². The van der Waals surface area contributed by atoms with E-state index in [0.29, 0.717) is 5.69 Å². The molecule has 0 radical (unpaired) electrons. The predicted molar refractivity (Wildman–Crippen MR) is 115 cm³/mol. The lowest BCUT2D eigenvalue weighted by Crippen LogP contribution is -2.67. The number of anilines is 1. The second-order valence-corrected chi connectivity index (χ2v) is 7.28. The normalized spacial score (nSPS) is 24.1. The molecule has 33 heavy (non-hydrogen) atoms. The summed E-state index contributed by atoms with van der Waals surface area (Å²) in [6, 6.07) is 5.95. The van der Waals surface area contributed by atoms with E-state index in [2.05, 4.69) is 10.6 Å². The lowest BCUT2D eigenvalue weighted by molar-refractivity contribution is -0.250. The molecule has 0 aliphatic carbocycles. The summed E-state index contributed by atoms with van der Waals surface area (Å²) >= 11 is 5.26. The molecule has 1 fully saturated rings. The fourth-order valence-electron chi connectivity index (χ4n) is 3.07. The zero-order chi connectivity index (χ0) is 24.7. The number of aromatic hydroxyl groups is 1. The van der Waals surface area contributed by atoms with Crippen LogP contribution in [0.4, 0.5) is 5.69 Å². The van der Waals surface area contributed by atoms with Gasteiger partial charge in [0.25, 0.3) is 0 Å². The van der Waals surface area contributed by atoms with Gasteiger partial charge in [0.1, 0.15) is 5.75 Å². The molecule has 1 heterocycles. The average molecular weight is 484 g/mol. The summed E-state index contributed by atoms with van der Waals surface area (Å²) in [6.07, 6.45) is -7.12. The number of hydrogen-bond donors (Lipinski definition) is 3. The van der Waals surface area contributed by atoms with Gasteiger partial charge >= 0.3 is 23.9 Å². The summed E-state index contributed by atoms with van der Waals surface area (Å²) < 4.78 is 26.2. The molecule has 1 aromatic carbocycles. The number of phenols is 1. The minimum atomic E-state index is -1.54. The molecular formula is C20H24N2O10S. The lowest BCUT2D eigenvalue weighted by atomic mass is 9.97. The molecule has 1 saturated heterocycles. The third kappa shape index (κ3) is 7.29. The van der Waals surface area contributed by atoms with Crippen LogP contribution in [0.1, 0.15) is 20.8 Å². The molecule has 0 bridgehead atoms. The highest BCUT2D eigenvalue weighted by atomic mass is 32.1. The van der Waals surface area contributed by atoms with Gasteiger partial charge in [-0.25, -0.2) is 4.79 Å². The van der Waals surface area contributed by atoms with Crippen LogP contribution in [0.5, 0.6) is 5.75 Å². The van der Waals surface area contributed by atoms with Crippen LogP contribution >= 0.6 is 12.2 Å². The lowest BCUT2D eigenvalue weighted by Gasteiger charge is -2.43. The standard InChI is InChI=1S/C20H24N2O10S/c1-9(23)29-14-15(30-10(2)24)17(19(27)28-4)32-18(16(14)31-11(3)25)22-20(33)21-12-5-7-13(26)8-6-12/h5-8,14-18,26H,1-4H3,(H2,21,22,33)/t14-,15-,16+,17-,18+/m0/s1. The smallest absolute Gasteiger partial charge is 0.339 e. The molecule has 5 atom stereocenters. The maximum Gasteiger partial charge on any atom is 0.339 e. The van der Waals surface area contributed by atoms with Gasteiger partial charge in [0, 0.05) is 26.5 Å². The summed E-state index contributed by atoms with van der Waals surface area (Å²) in [7, 11) is 1.09. The van der Waals surface area contributed by atoms with Crippen LogP contribution in [0, 0.1) is 0 Å². The van der Waals surface area contributed by atoms with Crippen molar-refractivity contribution in [1.82, 2.24) is 5.32 Å². The van der Waals surface area contributed by atoms with E-state index < -0.39 is 54.5 Å². The Labute approximate surface area is 194 Å². The van der Waals surface area contributed by atoms with Gasteiger partial charge in [0.15, 0.2) is 35.8 Å². The van der Waals surface area contributed by atoms with Gasteiger partial charge in [-0.05, 0) is 36.5 Å². The van der Waals surface area contributed by atoms with E-state index in [9.17, 15) is 24.3 Å². The van der Waals surface area contributed by atoms with Crippen LogP contribution in [-0.2, 0) is 42.9 Å². The van der Waals surface area contributed by atoms with Gasteiger partial charge in [-0.15, -0.1) is 0 Å². The number of thiocarbonyl (C=S) groups is 1. The maximum atomic E-state index is 12.4. The molecule has 3 N–H and O–H groups in total. The van der Waals surface area contributed by atoms with E-state index in [0.717, 1.165) is 27.9 Å². The fourth-order valence-corrected chi connectivity index (χ4v) is 3.31. The summed E-state index contributed by atoms with van der Waals surface area (Å²) in [5.41, 5.74) is 0.504. The molecule has 0 spiro atoms. The van der Waals surface area contributed by atoms with Crippen LogP contribution in [0.3, 0.4) is 0 Å². The Balaban J connectivity index is 2.37. The summed E-state index contributed by atoms with van der Waals surface area (Å²) in [5, 5.41) is 15.0. The quantitative estimate of drug-likeness (QED) is 0.220. The van der Waals surface area contributed by atoms with Crippen molar-refractivity contribution in [3.63, 3.8) is 0 Å². The first-order valence-electron chi connectivity index (χ1n) is 9.63. The highest BCUT2D eigenvalue weighted by molar-refractivity contribution is 7.80. The molecule has 0 saturated carbocycles. The number of nitrogens with one attached hydrogen (secondary N) is 2. The van der Waals surface area contributed by atoms with Crippen LogP contribution in [0.2, 0.25) is 0 Å². The largest absolute Gasteiger partial charge is 0.508 e. The number of carbonyl (C=O) groups excluding carboxylic acids is 4. The molecule has 0 aromatic heterocycles. The van der Waals surface area contributed by atoms with E-state index in [4.69, 9.17) is 35.9 Å². The fraction of sp³-hybridized carbons (Fsp3) is 0.450. The first kappa shape index (κ1) is 25.8. The predicted octanol–water partition coefficient (Wildman–Crippen LogP) is 0.372. The van der Waals surface area contributed by atoms with Crippen LogP contribution < -0.4 is 10.6 Å². The number of hydrogen-bond acceptors (Lipinski definition) is 11. The van der Waals surface area contributed by atoms with Gasteiger partial charge in [0.05, 0.1) is 7.11 Å². The van der Waals surface area contributed by atoms with Crippen molar-refractivity contribution < 1.29 is 48.0 Å². The monoisotopic (exact) mass is 484 g/mol. The number of ether oxygens (including phenoxy) is 5. The number of carbonyl (C=O) groups is 4. The van der Waals surface area contributed by atoms with Crippen LogP contribution in [-0.4, -0.2) is 71.8 Å². The first-order valence-corrected chi connectivity index (χ1v) is 10.0. The molecule has 1 aromatic rings. The van der Waals surface area contributed by atoms with E-state index in [1.807, 2.05) is 0 Å². The highest BCUT2D eigenvalue weighted by Gasteiger charge is 2.55. The second-order valence-electron chi connectivity index (χ2n) is 6.87. The molecule has 12 nitrogen and oxygen atoms in total. The number of phenolic OH excluding ortho intramolecular Hbond substituents is 1. The Morgan fingerprint density at radius 1 is 0.909 bits per heavy atom. The minimum absolute atomic E-state index is 0.0148. The molecule has 0 amide bonds. The highest BCUT2D eigenvalue weighted by Crippen LogP contribution is 2.29. The number of methoxy groups -OCH3 is 1. The van der Waals surface area contributed by atoms with Gasteiger partial charge < -0.3 is 39.4 Å². The Hall–Kier alpha value is -3.45. The second kappa shape index (κ2) is 11.4. The van der Waals surface area contributed by atoms with Crippen molar-refractivity contribution in [2.75, 3.05) is 12.4 Å². The van der Waals surface area contributed by atoms with Crippen molar-refractivity contribution in [3.05, 3.63) is 24.3 Å². The number of benzene rings is 1. The third-order valence-electron chi connectivity index (χ3n) is 4.28. The zero-order valence-corrected chi connectivity index (χ0v) is 19.0. The van der Waals surface area contributed by atoms with Gasteiger partial charge in [-0.1, -0.05) is 0 Å². The summed E-state index contributed by atoms with van der Waals surface area (Å²) in [4.78, 5) is 47.6. The Kier molecular flexibility index (Phi) is 8.94. The molecule has 180 valence electrons. The maximum absolute atomic E-state index is 12.4. The molecular weight excluding hydrogens is 460 g/mol. The van der Waals surface area contributed by atoms with E-state index >= 15 is 0 Å². The van der Waals surface area contributed by atoms with Crippen molar-refractivity contribution in [2.24, 2.45) is 0 Å². The molecule has 0 unspecified atom stereocenters. The van der Waals surface area contributed by atoms with E-state index in [1.165, 1.54) is 12.1 Å². The van der Waals surface area contributed by atoms with Crippen molar-refractivity contribution >= 4 is 46.9 Å². The average Bonchev–Trinajstić information content (AvgIpc) is 2.72. The number of rotatable bonds is 6. The third-order valence-corrected chi connectivity index (χ3v) is 4.50. The SMILES string of the molecule is COC(=O)[C@H]1O[C@@H](NC(=S)Nc2ccc(O)cc2)[C@H](OC(C)=O)[C@@H](OC(C)=O)[C@@H]1OC(C)=O. The van der Waals surface area contributed by atoms with Crippen molar-refractivity contribution in [1.29, 1.82) is 0 Å². The van der Waals surface area contributed by atoms with Gasteiger partial charge in [0.2, 0.25) is 0 Å². The Bertz CT molecular complexity index is 907. The van der Waals surface area contributed by atoms with E-state index in [1.54, 1.807) is 12.1 Å². The van der Waals surface area contributed by atoms with Crippen LogP contribution in [0.15, 0.2) is 24.3 Å². The molecule has 1 aliphatic rings. The zero-order valence-electron chi connectivity index (χ0n) is 18.2. The topological polar surface area (TPSA) is 159 Å². The number of esters is 4. The summed E-state index contributed by atoms with van der Waals surface area (Å²) in [5.74, 6) is -3.23. The molecule has 2 rings (SSSR count). The van der Waals surface area contributed by atoms with Crippen molar-refractivity contribution in [3.8, 4) is 5.75 Å². The first-order chi connectivity index (χ1) is 15.5. The van der Waals surface area contributed by atoms with Gasteiger partial charge in [-0.3, -0.25) is 14.4 Å². The van der Waals surface area contributed by atoms with Crippen molar-refractivity contribution in [2.45, 2.75) is 51.4 Å². The van der Waals surface area contributed by atoms with Crippen LogP contribution in [0.25, 0.3) is 0 Å². The minimum Gasteiger partial charge on any atom is -0.508 e. The van der Waals surface area contributed by atoms with Gasteiger partial charge in [-0.2, -0.15) is 0 Å². The Morgan fingerprint density at radius 3 is 1.94 bits per heavy atom. The summed E-state index contributed by atoms with van der Waals surface area (Å²) in [6.45, 7) is 3.29. The molecule has 13 heteroatoms. The Morgan fingerprint density at radius 2 is 1.42 bits per heavy atom.